The lowest BCUT2D eigenvalue weighted by atomic mass is 10.1. The van der Waals surface area contributed by atoms with Crippen LogP contribution in [-0.2, 0) is 6.54 Å². The Morgan fingerprint density at radius 3 is 2.84 bits per heavy atom. The minimum atomic E-state index is -1.07. The molecule has 1 atom stereocenters. The lowest BCUT2D eigenvalue weighted by Crippen LogP contribution is -2.18. The number of nitrogens with two attached hydrogens (primary N) is 1. The highest BCUT2D eigenvalue weighted by Gasteiger charge is 2.10. The summed E-state index contributed by atoms with van der Waals surface area (Å²) < 4.78 is 1.70. The molecular formula is C11H15N5O3. The maximum atomic E-state index is 9.45. The van der Waals surface area contributed by atoms with Crippen LogP contribution in [0.4, 0.5) is 5.82 Å². The van der Waals surface area contributed by atoms with E-state index in [0.29, 0.717) is 29.1 Å². The number of hydrogen-bond donors (Lipinski definition) is 4. The summed E-state index contributed by atoms with van der Waals surface area (Å²) in [7, 11) is 0. The van der Waals surface area contributed by atoms with Crippen LogP contribution in [0.25, 0.3) is 11.2 Å². The molecule has 5 N–H and O–H groups in total. The van der Waals surface area contributed by atoms with Crippen molar-refractivity contribution in [2.75, 3.05) is 18.9 Å². The first kappa shape index (κ1) is 13.4. The van der Waals surface area contributed by atoms with E-state index in [0.717, 1.165) is 0 Å². The number of anilines is 1. The van der Waals surface area contributed by atoms with Gasteiger partial charge in [0, 0.05) is 6.54 Å². The number of aromatic nitrogens is 4. The van der Waals surface area contributed by atoms with Crippen molar-refractivity contribution in [3.05, 3.63) is 24.3 Å². The van der Waals surface area contributed by atoms with Gasteiger partial charge in [-0.2, -0.15) is 0 Å². The summed E-state index contributed by atoms with van der Waals surface area (Å²) in [4.78, 5) is 12.0. The Morgan fingerprint density at radius 1 is 1.37 bits per heavy atom. The molecule has 19 heavy (non-hydrogen) atoms. The van der Waals surface area contributed by atoms with Crippen LogP contribution < -0.4 is 5.73 Å². The fourth-order valence-corrected chi connectivity index (χ4v) is 1.67. The van der Waals surface area contributed by atoms with Gasteiger partial charge in [0.25, 0.3) is 0 Å². The number of rotatable bonds is 5. The Morgan fingerprint density at radius 2 is 2.16 bits per heavy atom. The van der Waals surface area contributed by atoms with Gasteiger partial charge in [-0.1, -0.05) is 6.08 Å². The van der Waals surface area contributed by atoms with Crippen LogP contribution in [0.2, 0.25) is 0 Å². The molecule has 0 saturated carbocycles. The molecule has 2 heterocycles. The molecule has 2 rings (SSSR count). The number of fused-ring (bicyclic) bond motifs is 1. The van der Waals surface area contributed by atoms with Crippen molar-refractivity contribution < 1.29 is 15.3 Å². The van der Waals surface area contributed by atoms with E-state index in [9.17, 15) is 5.11 Å². The van der Waals surface area contributed by atoms with E-state index in [-0.39, 0.29) is 6.61 Å². The first-order chi connectivity index (χ1) is 9.17. The van der Waals surface area contributed by atoms with Crippen LogP contribution in [0, 0.1) is 0 Å². The number of aliphatic hydroxyl groups is 3. The van der Waals surface area contributed by atoms with Gasteiger partial charge >= 0.3 is 0 Å². The molecule has 0 saturated heterocycles. The summed E-state index contributed by atoms with van der Waals surface area (Å²) in [6.45, 7) is -0.419. The maximum Gasteiger partial charge on any atom is 0.165 e. The van der Waals surface area contributed by atoms with E-state index in [2.05, 4.69) is 15.0 Å². The number of nitrogen functional groups attached to an aromatic ring is 1. The highest BCUT2D eigenvalue weighted by molar-refractivity contribution is 5.81. The molecule has 0 fully saturated rings. The number of nitrogens with zero attached hydrogens (tertiary/aromatic N) is 4. The Labute approximate surface area is 108 Å². The quantitative estimate of drug-likeness (QED) is 0.493. The molecule has 0 amide bonds. The van der Waals surface area contributed by atoms with Gasteiger partial charge in [-0.05, 0) is 5.57 Å². The van der Waals surface area contributed by atoms with Gasteiger partial charge in [0.15, 0.2) is 11.5 Å². The van der Waals surface area contributed by atoms with Crippen molar-refractivity contribution in [2.45, 2.75) is 12.6 Å². The molecule has 2 aromatic heterocycles. The SMILES string of the molecule is Nc1ncnc2c1ncn2C/C=C(\CO)[C@@H](O)CO. The Balaban J connectivity index is 2.27. The molecule has 0 aliphatic rings. The molecule has 0 unspecified atom stereocenters. The molecule has 8 heteroatoms. The van der Waals surface area contributed by atoms with Crippen LogP contribution >= 0.6 is 0 Å². The Bertz CT molecular complexity index is 595. The van der Waals surface area contributed by atoms with E-state index >= 15 is 0 Å². The van der Waals surface area contributed by atoms with Gasteiger partial charge in [0.05, 0.1) is 19.5 Å². The van der Waals surface area contributed by atoms with Gasteiger partial charge in [0.1, 0.15) is 17.9 Å². The number of aliphatic hydroxyl groups excluding tert-OH is 3. The monoisotopic (exact) mass is 265 g/mol. The van der Waals surface area contributed by atoms with Gasteiger partial charge in [-0.25, -0.2) is 15.0 Å². The third-order valence-electron chi connectivity index (χ3n) is 2.76. The van der Waals surface area contributed by atoms with E-state index in [1.54, 1.807) is 17.0 Å². The van der Waals surface area contributed by atoms with Crippen molar-refractivity contribution in [3.8, 4) is 0 Å². The average molecular weight is 265 g/mol. The van der Waals surface area contributed by atoms with Crippen LogP contribution in [0.15, 0.2) is 24.3 Å². The van der Waals surface area contributed by atoms with Crippen LogP contribution in [-0.4, -0.2) is 54.2 Å². The summed E-state index contributed by atoms with van der Waals surface area (Å²) in [5.74, 6) is 0.297. The van der Waals surface area contributed by atoms with E-state index in [1.807, 2.05) is 0 Å². The largest absolute Gasteiger partial charge is 0.393 e. The highest BCUT2D eigenvalue weighted by atomic mass is 16.3. The zero-order chi connectivity index (χ0) is 13.8. The standard InChI is InChI=1S/C11H15N5O3/c12-10-9-11(14-5-13-10)16(6-15-9)2-1-7(3-17)8(19)4-18/h1,5-6,8,17-19H,2-4H2,(H2,12,13,14)/b7-1+/t8-/m0/s1. The first-order valence-corrected chi connectivity index (χ1v) is 5.67. The highest BCUT2D eigenvalue weighted by Crippen LogP contribution is 2.14. The summed E-state index contributed by atoms with van der Waals surface area (Å²) in [6.07, 6.45) is 3.43. The van der Waals surface area contributed by atoms with Gasteiger partial charge < -0.3 is 25.6 Å². The van der Waals surface area contributed by atoms with E-state index < -0.39 is 12.7 Å². The van der Waals surface area contributed by atoms with Crippen LogP contribution in [0.3, 0.4) is 0 Å². The molecule has 0 aliphatic heterocycles. The molecule has 0 aromatic carbocycles. The average Bonchev–Trinajstić information content (AvgIpc) is 2.84. The predicted molar refractivity (Wildman–Crippen MR) is 68.0 cm³/mol. The van der Waals surface area contributed by atoms with Crippen molar-refractivity contribution in [2.24, 2.45) is 0 Å². The zero-order valence-corrected chi connectivity index (χ0v) is 10.1. The lowest BCUT2D eigenvalue weighted by molar-refractivity contribution is 0.111. The third-order valence-corrected chi connectivity index (χ3v) is 2.76. The van der Waals surface area contributed by atoms with Crippen molar-refractivity contribution in [3.63, 3.8) is 0 Å². The smallest absolute Gasteiger partial charge is 0.165 e. The van der Waals surface area contributed by atoms with Gasteiger partial charge in [0.2, 0.25) is 0 Å². The van der Waals surface area contributed by atoms with Gasteiger partial charge in [-0.3, -0.25) is 0 Å². The number of allylic oxidation sites excluding steroid dienone is 1. The minimum absolute atomic E-state index is 0.297. The summed E-state index contributed by atoms with van der Waals surface area (Å²) >= 11 is 0. The van der Waals surface area contributed by atoms with Crippen LogP contribution in [0.1, 0.15) is 0 Å². The summed E-state index contributed by atoms with van der Waals surface area (Å²) in [6, 6.07) is 0. The molecule has 0 spiro atoms. The third kappa shape index (κ3) is 2.70. The summed E-state index contributed by atoms with van der Waals surface area (Å²) in [5.41, 5.74) is 7.08. The molecule has 102 valence electrons. The molecule has 0 radical (unpaired) electrons. The van der Waals surface area contributed by atoms with Crippen molar-refractivity contribution >= 4 is 17.0 Å². The van der Waals surface area contributed by atoms with Crippen molar-refractivity contribution in [1.82, 2.24) is 19.5 Å². The normalized spacial score (nSPS) is 13.9. The zero-order valence-electron chi connectivity index (χ0n) is 10.1. The molecule has 0 bridgehead atoms. The van der Waals surface area contributed by atoms with E-state index in [4.69, 9.17) is 15.9 Å². The fourth-order valence-electron chi connectivity index (χ4n) is 1.67. The molecule has 0 aliphatic carbocycles. The first-order valence-electron chi connectivity index (χ1n) is 5.67. The van der Waals surface area contributed by atoms with Gasteiger partial charge in [-0.15, -0.1) is 0 Å². The van der Waals surface area contributed by atoms with E-state index in [1.165, 1.54) is 6.33 Å². The molecular weight excluding hydrogens is 250 g/mol. The Hall–Kier alpha value is -2.03. The lowest BCUT2D eigenvalue weighted by Gasteiger charge is -2.10. The maximum absolute atomic E-state index is 9.45. The van der Waals surface area contributed by atoms with Crippen LogP contribution in [0.5, 0.6) is 0 Å². The van der Waals surface area contributed by atoms with Crippen molar-refractivity contribution in [1.29, 1.82) is 0 Å². The second kappa shape index (κ2) is 5.74. The summed E-state index contributed by atoms with van der Waals surface area (Å²) in [5, 5.41) is 27.4. The topological polar surface area (TPSA) is 130 Å². The Kier molecular flexibility index (Phi) is 4.05. The minimum Gasteiger partial charge on any atom is -0.393 e. The molecule has 2 aromatic rings. The number of hydrogen-bond acceptors (Lipinski definition) is 7. The predicted octanol–water partition coefficient (Wildman–Crippen LogP) is -1.32. The number of imidazole rings is 1. The molecule has 8 nitrogen and oxygen atoms in total. The second-order valence-electron chi connectivity index (χ2n) is 3.96. The fraction of sp³-hybridized carbons (Fsp3) is 0.364. The second-order valence-corrected chi connectivity index (χ2v) is 3.96.